The molecule has 144 valence electrons. The maximum absolute atomic E-state index is 13.6. The van der Waals surface area contributed by atoms with Crippen molar-refractivity contribution in [2.24, 2.45) is 0 Å². The molecule has 0 fully saturated rings. The van der Waals surface area contributed by atoms with Crippen molar-refractivity contribution in [3.05, 3.63) is 64.8 Å². The van der Waals surface area contributed by atoms with E-state index in [2.05, 4.69) is 21.0 Å². The van der Waals surface area contributed by atoms with Crippen molar-refractivity contribution in [2.45, 2.75) is 11.1 Å². The van der Waals surface area contributed by atoms with Crippen LogP contribution in [0.15, 0.2) is 64.0 Å². The van der Waals surface area contributed by atoms with Gasteiger partial charge in [0, 0.05) is 21.5 Å². The summed E-state index contributed by atoms with van der Waals surface area (Å²) in [5, 5.41) is 5.17. The predicted octanol–water partition coefficient (Wildman–Crippen LogP) is 5.36. The van der Waals surface area contributed by atoms with E-state index in [1.165, 1.54) is 35.0 Å². The summed E-state index contributed by atoms with van der Waals surface area (Å²) < 4.78 is 66.0. The number of halogens is 4. The SMILES string of the molecule is CS(=O)(=O)c1ccc(-n2nc(C(F)(F)F)c3ccc4cc(Br)ccc4c32)cc1. The summed E-state index contributed by atoms with van der Waals surface area (Å²) in [5.74, 6) is 0. The number of nitrogens with zero attached hydrogens (tertiary/aromatic N) is 2. The molecule has 0 bridgehead atoms. The van der Waals surface area contributed by atoms with E-state index in [0.29, 0.717) is 16.6 Å². The molecular weight excluding hydrogens is 457 g/mol. The van der Waals surface area contributed by atoms with Crippen molar-refractivity contribution in [2.75, 3.05) is 6.26 Å². The number of rotatable bonds is 2. The molecule has 0 spiro atoms. The lowest BCUT2D eigenvalue weighted by molar-refractivity contribution is -0.140. The molecule has 4 nitrogen and oxygen atoms in total. The molecule has 1 heterocycles. The highest BCUT2D eigenvalue weighted by Gasteiger charge is 2.37. The minimum Gasteiger partial charge on any atom is -0.232 e. The van der Waals surface area contributed by atoms with Crippen molar-refractivity contribution in [3.8, 4) is 5.69 Å². The first-order chi connectivity index (χ1) is 13.1. The van der Waals surface area contributed by atoms with Gasteiger partial charge in [-0.05, 0) is 47.9 Å². The van der Waals surface area contributed by atoms with E-state index in [0.717, 1.165) is 16.1 Å². The van der Waals surface area contributed by atoms with Gasteiger partial charge in [0.05, 0.1) is 16.1 Å². The summed E-state index contributed by atoms with van der Waals surface area (Å²) in [4.78, 5) is 0.0811. The summed E-state index contributed by atoms with van der Waals surface area (Å²) >= 11 is 3.36. The molecule has 0 aliphatic carbocycles. The summed E-state index contributed by atoms with van der Waals surface area (Å²) in [5.41, 5.74) is -0.341. The first kappa shape index (κ1) is 18.9. The standard InChI is InChI=1S/C19H12BrF3N2O2S/c1-28(26,27)14-6-4-13(5-7-14)25-17-15-9-3-12(20)10-11(15)2-8-16(17)18(24-25)19(21,22)23/h2-10H,1H3. The van der Waals surface area contributed by atoms with Crippen molar-refractivity contribution in [1.29, 1.82) is 0 Å². The number of aromatic nitrogens is 2. The molecule has 0 aliphatic heterocycles. The fourth-order valence-electron chi connectivity index (χ4n) is 3.14. The zero-order chi connectivity index (χ0) is 20.3. The van der Waals surface area contributed by atoms with Gasteiger partial charge >= 0.3 is 6.18 Å². The van der Waals surface area contributed by atoms with Gasteiger partial charge < -0.3 is 0 Å². The maximum Gasteiger partial charge on any atom is 0.435 e. The molecule has 0 atom stereocenters. The summed E-state index contributed by atoms with van der Waals surface area (Å²) in [6.45, 7) is 0. The van der Waals surface area contributed by atoms with Gasteiger partial charge in [0.25, 0.3) is 0 Å². The quantitative estimate of drug-likeness (QED) is 0.397. The van der Waals surface area contributed by atoms with Crippen LogP contribution in [0.3, 0.4) is 0 Å². The second-order valence-corrected chi connectivity index (χ2v) is 9.28. The Morgan fingerprint density at radius 2 is 1.61 bits per heavy atom. The highest BCUT2D eigenvalue weighted by atomic mass is 79.9. The van der Waals surface area contributed by atoms with E-state index < -0.39 is 21.7 Å². The minimum absolute atomic E-state index is 0.0190. The summed E-state index contributed by atoms with van der Waals surface area (Å²) in [6, 6.07) is 13.9. The zero-order valence-electron chi connectivity index (χ0n) is 14.3. The van der Waals surface area contributed by atoms with Crippen LogP contribution in [0.2, 0.25) is 0 Å². The Labute approximate surface area is 166 Å². The van der Waals surface area contributed by atoms with Gasteiger partial charge in [0.15, 0.2) is 15.5 Å². The van der Waals surface area contributed by atoms with Crippen LogP contribution in [0, 0.1) is 0 Å². The van der Waals surface area contributed by atoms with Crippen molar-refractivity contribution >= 4 is 47.4 Å². The third-order valence-corrected chi connectivity index (χ3v) is 6.02. The molecule has 4 rings (SSSR count). The minimum atomic E-state index is -4.63. The van der Waals surface area contributed by atoms with Crippen LogP contribution in [0.25, 0.3) is 27.4 Å². The number of benzene rings is 3. The Kier molecular flexibility index (Phi) is 4.27. The van der Waals surface area contributed by atoms with Crippen LogP contribution in [-0.2, 0) is 16.0 Å². The van der Waals surface area contributed by atoms with E-state index >= 15 is 0 Å². The van der Waals surface area contributed by atoms with Crippen LogP contribution in [0.4, 0.5) is 13.2 Å². The molecule has 0 saturated carbocycles. The largest absolute Gasteiger partial charge is 0.435 e. The van der Waals surface area contributed by atoms with Crippen LogP contribution in [0.1, 0.15) is 5.69 Å². The van der Waals surface area contributed by atoms with Gasteiger partial charge in [-0.3, -0.25) is 0 Å². The topological polar surface area (TPSA) is 52.0 Å². The molecule has 0 saturated heterocycles. The van der Waals surface area contributed by atoms with Crippen molar-refractivity contribution in [1.82, 2.24) is 9.78 Å². The Hall–Kier alpha value is -2.39. The first-order valence-corrected chi connectivity index (χ1v) is 10.7. The number of hydrogen-bond acceptors (Lipinski definition) is 3. The Morgan fingerprint density at radius 1 is 0.964 bits per heavy atom. The number of hydrogen-bond donors (Lipinski definition) is 0. The van der Waals surface area contributed by atoms with Crippen LogP contribution in [-0.4, -0.2) is 24.5 Å². The van der Waals surface area contributed by atoms with Crippen LogP contribution < -0.4 is 0 Å². The second kappa shape index (κ2) is 6.31. The lowest BCUT2D eigenvalue weighted by Gasteiger charge is -2.07. The fourth-order valence-corrected chi connectivity index (χ4v) is 4.15. The van der Waals surface area contributed by atoms with Gasteiger partial charge in [-0.1, -0.05) is 28.1 Å². The lowest BCUT2D eigenvalue weighted by atomic mass is 10.1. The number of fused-ring (bicyclic) bond motifs is 3. The third kappa shape index (κ3) is 3.18. The molecule has 4 aromatic rings. The molecule has 1 aromatic heterocycles. The first-order valence-electron chi connectivity index (χ1n) is 8.04. The van der Waals surface area contributed by atoms with Gasteiger partial charge in [-0.2, -0.15) is 18.3 Å². The average Bonchev–Trinajstić information content (AvgIpc) is 3.01. The highest BCUT2D eigenvalue weighted by molar-refractivity contribution is 9.10. The number of sulfone groups is 1. The van der Waals surface area contributed by atoms with Gasteiger partial charge in [0.2, 0.25) is 0 Å². The van der Waals surface area contributed by atoms with E-state index in [-0.39, 0.29) is 10.3 Å². The molecular formula is C19H12BrF3N2O2S. The summed E-state index contributed by atoms with van der Waals surface area (Å²) in [6.07, 6.45) is -3.56. The molecule has 3 aromatic carbocycles. The molecule has 0 aliphatic rings. The summed E-state index contributed by atoms with van der Waals surface area (Å²) in [7, 11) is -3.42. The van der Waals surface area contributed by atoms with Gasteiger partial charge in [-0.15, -0.1) is 0 Å². The molecule has 0 N–H and O–H groups in total. The Balaban J connectivity index is 2.07. The average molecular weight is 469 g/mol. The van der Waals surface area contributed by atoms with Crippen molar-refractivity contribution in [3.63, 3.8) is 0 Å². The molecule has 9 heteroatoms. The second-order valence-electron chi connectivity index (χ2n) is 6.35. The monoisotopic (exact) mass is 468 g/mol. The van der Waals surface area contributed by atoms with Gasteiger partial charge in [-0.25, -0.2) is 13.1 Å². The van der Waals surface area contributed by atoms with E-state index in [1.54, 1.807) is 18.2 Å². The van der Waals surface area contributed by atoms with Crippen LogP contribution >= 0.6 is 15.9 Å². The van der Waals surface area contributed by atoms with Crippen LogP contribution in [0.5, 0.6) is 0 Å². The molecule has 0 unspecified atom stereocenters. The highest BCUT2D eigenvalue weighted by Crippen LogP contribution is 2.38. The van der Waals surface area contributed by atoms with Crippen molar-refractivity contribution < 1.29 is 21.6 Å². The zero-order valence-corrected chi connectivity index (χ0v) is 16.7. The molecule has 0 radical (unpaired) electrons. The number of alkyl halides is 3. The Bertz CT molecular complexity index is 1330. The van der Waals surface area contributed by atoms with E-state index in [4.69, 9.17) is 0 Å². The smallest absolute Gasteiger partial charge is 0.232 e. The third-order valence-electron chi connectivity index (χ3n) is 4.40. The maximum atomic E-state index is 13.6. The fraction of sp³-hybridized carbons (Fsp3) is 0.105. The molecule has 0 amide bonds. The van der Waals surface area contributed by atoms with Gasteiger partial charge in [0.1, 0.15) is 0 Å². The Morgan fingerprint density at radius 3 is 2.21 bits per heavy atom. The normalized spacial score (nSPS) is 12.8. The van der Waals surface area contributed by atoms with E-state index in [1.807, 2.05) is 6.07 Å². The molecule has 28 heavy (non-hydrogen) atoms. The van der Waals surface area contributed by atoms with E-state index in [9.17, 15) is 21.6 Å². The predicted molar refractivity (Wildman–Crippen MR) is 104 cm³/mol. The lowest BCUT2D eigenvalue weighted by Crippen LogP contribution is -2.07.